The van der Waals surface area contributed by atoms with Crippen LogP contribution in [0.15, 0.2) is 48.5 Å². The van der Waals surface area contributed by atoms with Gasteiger partial charge in [0, 0.05) is 24.9 Å². The van der Waals surface area contributed by atoms with Crippen LogP contribution in [0.2, 0.25) is 0 Å². The second kappa shape index (κ2) is 10.7. The molecule has 144 valence electrons. The molecule has 0 amide bonds. The van der Waals surface area contributed by atoms with Gasteiger partial charge < -0.3 is 21.3 Å². The maximum atomic E-state index is 10.7. The number of thioether (sulfide) groups is 1. The number of benzene rings is 2. The van der Waals surface area contributed by atoms with E-state index in [9.17, 15) is 9.59 Å². The summed E-state index contributed by atoms with van der Waals surface area (Å²) >= 11 is 1.98. The van der Waals surface area contributed by atoms with E-state index in [2.05, 4.69) is 5.32 Å². The minimum atomic E-state index is -0.909. The zero-order valence-electron chi connectivity index (χ0n) is 14.9. The van der Waals surface area contributed by atoms with Gasteiger partial charge in [0.2, 0.25) is 0 Å². The van der Waals surface area contributed by atoms with Gasteiger partial charge in [0.05, 0.1) is 11.1 Å². The van der Waals surface area contributed by atoms with Gasteiger partial charge in [-0.05, 0) is 47.6 Å². The van der Waals surface area contributed by atoms with Crippen molar-refractivity contribution in [3.63, 3.8) is 0 Å². The smallest absolute Gasteiger partial charge is 0.335 e. The van der Waals surface area contributed by atoms with E-state index in [-0.39, 0.29) is 0 Å². The van der Waals surface area contributed by atoms with Crippen LogP contribution in [-0.4, -0.2) is 39.7 Å². The first-order valence-corrected chi connectivity index (χ1v) is 9.80. The van der Waals surface area contributed by atoms with Crippen LogP contribution in [0.1, 0.15) is 38.3 Å². The highest BCUT2D eigenvalue weighted by atomic mass is 32.2. The summed E-state index contributed by atoms with van der Waals surface area (Å²) in [5, 5.41) is 20.8. The van der Waals surface area contributed by atoms with Crippen LogP contribution in [0.3, 0.4) is 0 Å². The van der Waals surface area contributed by atoms with Crippen molar-refractivity contribution in [3.05, 3.63) is 70.8 Å². The number of aromatic carboxylic acids is 2. The van der Waals surface area contributed by atoms with Crippen molar-refractivity contribution in [1.29, 1.82) is 0 Å². The second-order valence-corrected chi connectivity index (χ2v) is 7.30. The lowest BCUT2D eigenvalue weighted by Gasteiger charge is -2.10. The Morgan fingerprint density at radius 1 is 0.963 bits per heavy atom. The number of nitrogens with two attached hydrogens (primary N) is 1. The van der Waals surface area contributed by atoms with Crippen molar-refractivity contribution in [2.75, 3.05) is 11.5 Å². The first kappa shape index (κ1) is 21.0. The van der Waals surface area contributed by atoms with Crippen molar-refractivity contribution >= 4 is 23.7 Å². The molecule has 0 radical (unpaired) electrons. The fourth-order valence-electron chi connectivity index (χ4n) is 2.51. The molecule has 3 rings (SSSR count). The molecule has 5 N–H and O–H groups in total. The molecule has 0 bridgehead atoms. The van der Waals surface area contributed by atoms with E-state index in [0.29, 0.717) is 23.7 Å². The second-order valence-electron chi connectivity index (χ2n) is 6.15. The molecule has 1 aliphatic rings. The van der Waals surface area contributed by atoms with Gasteiger partial charge >= 0.3 is 11.9 Å². The number of carbonyl (C=O) groups is 2. The molecular weight excluding hydrogens is 364 g/mol. The zero-order chi connectivity index (χ0) is 19.6. The molecule has 27 heavy (non-hydrogen) atoms. The third-order valence-electron chi connectivity index (χ3n) is 4.16. The molecule has 6 nitrogen and oxygen atoms in total. The van der Waals surface area contributed by atoms with Crippen LogP contribution in [0.5, 0.6) is 0 Å². The summed E-state index contributed by atoms with van der Waals surface area (Å²) in [6.45, 7) is 1.27. The van der Waals surface area contributed by atoms with Crippen LogP contribution in [0.4, 0.5) is 0 Å². The summed E-state index contributed by atoms with van der Waals surface area (Å²) in [7, 11) is 0. The summed E-state index contributed by atoms with van der Waals surface area (Å²) in [6.07, 6.45) is 1.23. The SMILES string of the molecule is NCc1ccc(C(=O)O)cc1.O=C(O)c1ccc(CNC2CCSC2)cc1. The fraction of sp³-hybridized carbons (Fsp3) is 0.300. The maximum absolute atomic E-state index is 10.7. The summed E-state index contributed by atoms with van der Waals surface area (Å²) in [6, 6.07) is 14.2. The van der Waals surface area contributed by atoms with Crippen LogP contribution in [0.25, 0.3) is 0 Å². The molecule has 1 fully saturated rings. The molecular formula is C20H24N2O4S. The predicted molar refractivity (Wildman–Crippen MR) is 107 cm³/mol. The Labute approximate surface area is 162 Å². The van der Waals surface area contributed by atoms with Gasteiger partial charge in [0.25, 0.3) is 0 Å². The highest BCUT2D eigenvalue weighted by Gasteiger charge is 2.14. The first-order chi connectivity index (χ1) is 13.0. The molecule has 2 aromatic rings. The van der Waals surface area contributed by atoms with Gasteiger partial charge in [0.1, 0.15) is 0 Å². The fourth-order valence-corrected chi connectivity index (χ4v) is 3.69. The number of rotatable bonds is 6. The topological polar surface area (TPSA) is 113 Å². The largest absolute Gasteiger partial charge is 0.478 e. The van der Waals surface area contributed by atoms with Gasteiger partial charge in [-0.15, -0.1) is 0 Å². The van der Waals surface area contributed by atoms with E-state index in [1.165, 1.54) is 17.9 Å². The third kappa shape index (κ3) is 7.05. The summed E-state index contributed by atoms with van der Waals surface area (Å²) in [5.41, 5.74) is 8.05. The van der Waals surface area contributed by atoms with Gasteiger partial charge in [0.15, 0.2) is 0 Å². The minimum Gasteiger partial charge on any atom is -0.478 e. The lowest BCUT2D eigenvalue weighted by Crippen LogP contribution is -2.27. The molecule has 1 saturated heterocycles. The van der Waals surface area contributed by atoms with Crippen molar-refractivity contribution in [2.24, 2.45) is 5.73 Å². The Morgan fingerprint density at radius 2 is 1.48 bits per heavy atom. The van der Waals surface area contributed by atoms with Crippen LogP contribution < -0.4 is 11.1 Å². The van der Waals surface area contributed by atoms with Crippen LogP contribution >= 0.6 is 11.8 Å². The average Bonchev–Trinajstić information content (AvgIpc) is 3.21. The van der Waals surface area contributed by atoms with Crippen LogP contribution in [0, 0.1) is 0 Å². The molecule has 0 aromatic heterocycles. The predicted octanol–water partition coefficient (Wildman–Crippen LogP) is 2.82. The Balaban J connectivity index is 0.000000208. The monoisotopic (exact) mass is 388 g/mol. The standard InChI is InChI=1S/C12H15NO2S.C8H9NO2/c14-12(15)10-3-1-9(2-4-10)7-13-11-5-6-16-8-11;9-5-6-1-3-7(4-2-6)8(10)11/h1-4,11,13H,5-8H2,(H,14,15);1-4H,5,9H2,(H,10,11). The number of hydrogen-bond donors (Lipinski definition) is 4. The molecule has 1 aliphatic heterocycles. The Morgan fingerprint density at radius 3 is 1.89 bits per heavy atom. The lowest BCUT2D eigenvalue weighted by atomic mass is 10.1. The quantitative estimate of drug-likeness (QED) is 0.602. The van der Waals surface area contributed by atoms with Crippen molar-refractivity contribution in [2.45, 2.75) is 25.6 Å². The van der Waals surface area contributed by atoms with Crippen molar-refractivity contribution in [3.8, 4) is 0 Å². The third-order valence-corrected chi connectivity index (χ3v) is 5.32. The maximum Gasteiger partial charge on any atom is 0.335 e. The Bertz CT molecular complexity index is 742. The molecule has 0 spiro atoms. The van der Waals surface area contributed by atoms with Gasteiger partial charge in [-0.3, -0.25) is 0 Å². The minimum absolute atomic E-state index is 0.294. The number of hydrogen-bond acceptors (Lipinski definition) is 5. The van der Waals surface area contributed by atoms with Crippen molar-refractivity contribution < 1.29 is 19.8 Å². The lowest BCUT2D eigenvalue weighted by molar-refractivity contribution is 0.0686. The van der Waals surface area contributed by atoms with Gasteiger partial charge in [-0.25, -0.2) is 9.59 Å². The van der Waals surface area contributed by atoms with E-state index in [1.54, 1.807) is 36.4 Å². The average molecular weight is 388 g/mol. The number of carboxylic acid groups (broad SMARTS) is 2. The number of nitrogens with one attached hydrogen (secondary N) is 1. The van der Waals surface area contributed by atoms with E-state index in [4.69, 9.17) is 15.9 Å². The van der Waals surface area contributed by atoms with E-state index in [1.807, 2.05) is 23.9 Å². The molecule has 0 aliphatic carbocycles. The summed E-state index contributed by atoms with van der Waals surface area (Å²) < 4.78 is 0. The van der Waals surface area contributed by atoms with Gasteiger partial charge in [-0.2, -0.15) is 11.8 Å². The summed E-state index contributed by atoms with van der Waals surface area (Å²) in [4.78, 5) is 21.0. The Hall–Kier alpha value is -2.35. The molecule has 1 unspecified atom stereocenters. The highest BCUT2D eigenvalue weighted by molar-refractivity contribution is 7.99. The van der Waals surface area contributed by atoms with Crippen molar-refractivity contribution in [1.82, 2.24) is 5.32 Å². The van der Waals surface area contributed by atoms with Crippen LogP contribution in [-0.2, 0) is 13.1 Å². The molecule has 0 saturated carbocycles. The Kier molecular flexibility index (Phi) is 8.32. The number of carboxylic acids is 2. The zero-order valence-corrected chi connectivity index (χ0v) is 15.7. The molecule has 1 atom stereocenters. The van der Waals surface area contributed by atoms with E-state index < -0.39 is 11.9 Å². The molecule has 7 heteroatoms. The first-order valence-electron chi connectivity index (χ1n) is 8.65. The highest BCUT2D eigenvalue weighted by Crippen LogP contribution is 2.17. The normalized spacial score (nSPS) is 15.7. The molecule has 1 heterocycles. The van der Waals surface area contributed by atoms with Gasteiger partial charge in [-0.1, -0.05) is 24.3 Å². The molecule has 2 aromatic carbocycles. The summed E-state index contributed by atoms with van der Waals surface area (Å²) in [5.74, 6) is 0.656. The van der Waals surface area contributed by atoms with E-state index in [0.717, 1.165) is 17.7 Å². The van der Waals surface area contributed by atoms with E-state index >= 15 is 0 Å².